The average Bonchev–Trinajstić information content (AvgIpc) is 3.09. The smallest absolute Gasteiger partial charge is 0.248 e. The van der Waals surface area contributed by atoms with Crippen LogP contribution in [0.1, 0.15) is 24.6 Å². The van der Waals surface area contributed by atoms with Crippen molar-refractivity contribution in [1.29, 1.82) is 0 Å². The molecule has 0 unspecified atom stereocenters. The normalized spacial score (nSPS) is 21.6. The molecular formula is C13H20N4O4. The summed E-state index contributed by atoms with van der Waals surface area (Å²) in [6, 6.07) is 0. The Morgan fingerprint density at radius 2 is 2.24 bits per heavy atom. The molecule has 2 heterocycles. The molecule has 0 radical (unpaired) electrons. The quantitative estimate of drug-likeness (QED) is 0.801. The number of amides is 2. The van der Waals surface area contributed by atoms with Gasteiger partial charge in [0.25, 0.3) is 0 Å². The lowest BCUT2D eigenvalue weighted by molar-refractivity contribution is -0.135. The molecule has 1 aliphatic heterocycles. The van der Waals surface area contributed by atoms with Gasteiger partial charge >= 0.3 is 0 Å². The summed E-state index contributed by atoms with van der Waals surface area (Å²) in [4.78, 5) is 29.9. The molecule has 8 heteroatoms. The molecule has 0 aromatic carbocycles. The molecule has 1 aromatic rings. The summed E-state index contributed by atoms with van der Waals surface area (Å²) in [5, 5.41) is 6.37. The molecule has 8 nitrogen and oxygen atoms in total. The molecule has 1 fully saturated rings. The second-order valence-electron chi connectivity index (χ2n) is 4.94. The van der Waals surface area contributed by atoms with Crippen LogP contribution in [0, 0.1) is 12.8 Å². The molecular weight excluding hydrogens is 276 g/mol. The average molecular weight is 296 g/mol. The van der Waals surface area contributed by atoms with Crippen LogP contribution in [0.15, 0.2) is 4.52 Å². The maximum Gasteiger partial charge on any atom is 0.248 e. The number of aromatic nitrogens is 2. The lowest BCUT2D eigenvalue weighted by atomic mass is 9.95. The summed E-state index contributed by atoms with van der Waals surface area (Å²) in [6.07, 6.45) is 0. The molecule has 21 heavy (non-hydrogen) atoms. The van der Waals surface area contributed by atoms with Crippen molar-refractivity contribution in [2.75, 3.05) is 33.4 Å². The largest absolute Gasteiger partial charge is 0.372 e. The third-order valence-electron chi connectivity index (χ3n) is 3.55. The minimum absolute atomic E-state index is 0.0204. The topological polar surface area (TPSA) is 97.6 Å². The summed E-state index contributed by atoms with van der Waals surface area (Å²) < 4.78 is 10.3. The van der Waals surface area contributed by atoms with Gasteiger partial charge in [-0.3, -0.25) is 9.59 Å². The van der Waals surface area contributed by atoms with E-state index in [4.69, 9.17) is 9.26 Å². The molecule has 1 aliphatic rings. The van der Waals surface area contributed by atoms with Crippen molar-refractivity contribution >= 4 is 11.8 Å². The Balaban J connectivity index is 2.14. The highest BCUT2D eigenvalue weighted by Crippen LogP contribution is 2.32. The van der Waals surface area contributed by atoms with E-state index < -0.39 is 0 Å². The monoisotopic (exact) mass is 296 g/mol. The van der Waals surface area contributed by atoms with Gasteiger partial charge in [-0.05, 0) is 13.8 Å². The van der Waals surface area contributed by atoms with Gasteiger partial charge in [0.05, 0.1) is 11.8 Å². The van der Waals surface area contributed by atoms with Gasteiger partial charge in [0.15, 0.2) is 5.82 Å². The minimum atomic E-state index is -0.388. The van der Waals surface area contributed by atoms with E-state index in [-0.39, 0.29) is 30.3 Å². The molecule has 0 bridgehead atoms. The Hall–Kier alpha value is -1.96. The number of aryl methyl sites for hydroxylation is 1. The number of nitrogens with one attached hydrogen (secondary N) is 1. The van der Waals surface area contributed by atoms with E-state index in [1.54, 1.807) is 18.9 Å². The number of carbonyl (C=O) groups is 2. The number of hydrogen-bond donors (Lipinski definition) is 1. The van der Waals surface area contributed by atoms with Crippen molar-refractivity contribution in [1.82, 2.24) is 20.4 Å². The van der Waals surface area contributed by atoms with Crippen molar-refractivity contribution in [2.45, 2.75) is 19.8 Å². The maximum atomic E-state index is 12.0. The second-order valence-corrected chi connectivity index (χ2v) is 4.94. The zero-order valence-electron chi connectivity index (χ0n) is 12.5. The zero-order valence-corrected chi connectivity index (χ0v) is 12.5. The fourth-order valence-electron chi connectivity index (χ4n) is 2.45. The number of nitrogens with zero attached hydrogens (tertiary/aromatic N) is 3. The second kappa shape index (κ2) is 6.66. The molecule has 0 saturated carbocycles. The summed E-state index contributed by atoms with van der Waals surface area (Å²) >= 11 is 0. The van der Waals surface area contributed by atoms with Gasteiger partial charge in [-0.15, -0.1) is 0 Å². The Morgan fingerprint density at radius 1 is 1.48 bits per heavy atom. The predicted octanol–water partition coefficient (Wildman–Crippen LogP) is -0.297. The third kappa shape index (κ3) is 3.38. The number of carbonyl (C=O) groups excluding carboxylic acids is 2. The Morgan fingerprint density at radius 3 is 2.81 bits per heavy atom. The van der Waals surface area contributed by atoms with Crippen LogP contribution in [0.5, 0.6) is 0 Å². The third-order valence-corrected chi connectivity index (χ3v) is 3.55. The Labute approximate surface area is 122 Å². The molecule has 2 atom stereocenters. The molecule has 2 amide bonds. The molecule has 2 rings (SSSR count). The van der Waals surface area contributed by atoms with Gasteiger partial charge in [-0.2, -0.15) is 4.98 Å². The highest BCUT2D eigenvalue weighted by molar-refractivity contribution is 5.83. The van der Waals surface area contributed by atoms with Crippen molar-refractivity contribution in [3.05, 3.63) is 11.7 Å². The molecule has 1 aromatic heterocycles. The van der Waals surface area contributed by atoms with E-state index in [2.05, 4.69) is 15.5 Å². The van der Waals surface area contributed by atoms with Gasteiger partial charge in [0.2, 0.25) is 17.7 Å². The number of ether oxygens (including phenoxy) is 1. The highest BCUT2D eigenvalue weighted by Gasteiger charge is 2.42. The lowest BCUT2D eigenvalue weighted by Crippen LogP contribution is -2.35. The van der Waals surface area contributed by atoms with Crippen LogP contribution in [0.4, 0.5) is 0 Å². The lowest BCUT2D eigenvalue weighted by Gasteiger charge is -2.15. The molecule has 116 valence electrons. The van der Waals surface area contributed by atoms with Crippen LogP contribution < -0.4 is 5.32 Å². The molecule has 1 N–H and O–H groups in total. The van der Waals surface area contributed by atoms with E-state index in [0.717, 1.165) is 0 Å². The van der Waals surface area contributed by atoms with Crippen LogP contribution in [0.3, 0.4) is 0 Å². The first kappa shape index (κ1) is 15.4. The van der Waals surface area contributed by atoms with Crippen LogP contribution in [0.2, 0.25) is 0 Å². The highest BCUT2D eigenvalue weighted by atomic mass is 16.5. The number of likely N-dealkylation sites (tertiary alicyclic amines) is 1. The van der Waals surface area contributed by atoms with Gasteiger partial charge in [-0.25, -0.2) is 0 Å². The van der Waals surface area contributed by atoms with E-state index in [1.807, 2.05) is 6.92 Å². The van der Waals surface area contributed by atoms with Crippen molar-refractivity contribution in [2.24, 2.45) is 5.92 Å². The van der Waals surface area contributed by atoms with Crippen molar-refractivity contribution < 1.29 is 18.8 Å². The first-order valence-electron chi connectivity index (χ1n) is 6.94. The van der Waals surface area contributed by atoms with E-state index in [0.29, 0.717) is 31.4 Å². The summed E-state index contributed by atoms with van der Waals surface area (Å²) in [5.41, 5.74) is 0. The number of rotatable bonds is 5. The van der Waals surface area contributed by atoms with E-state index in [9.17, 15) is 9.59 Å². The first-order valence-corrected chi connectivity index (χ1v) is 6.94. The van der Waals surface area contributed by atoms with Crippen LogP contribution in [-0.2, 0) is 14.3 Å². The summed E-state index contributed by atoms with van der Waals surface area (Å²) in [5.74, 6) is -0.0308. The van der Waals surface area contributed by atoms with Gasteiger partial charge in [0, 0.05) is 26.7 Å². The van der Waals surface area contributed by atoms with Gasteiger partial charge in [0.1, 0.15) is 6.61 Å². The first-order chi connectivity index (χ1) is 10.1. The van der Waals surface area contributed by atoms with Crippen molar-refractivity contribution in [3.8, 4) is 0 Å². The Bertz CT molecular complexity index is 516. The fourth-order valence-corrected chi connectivity index (χ4v) is 2.45. The van der Waals surface area contributed by atoms with Gasteiger partial charge in [-0.1, -0.05) is 5.16 Å². The zero-order chi connectivity index (χ0) is 15.4. The van der Waals surface area contributed by atoms with E-state index in [1.165, 1.54) is 0 Å². The molecule has 0 aliphatic carbocycles. The summed E-state index contributed by atoms with van der Waals surface area (Å²) in [7, 11) is 1.57. The standard InChI is InChI=1S/C13H20N4O4/c1-4-20-7-11(18)17-5-9(12(19)14-3)10(6-17)13-15-8(2)16-21-13/h9-10H,4-7H2,1-3H3,(H,14,19)/t9-,10-/m1/s1. The Kier molecular flexibility index (Phi) is 4.89. The molecule has 0 spiro atoms. The number of hydrogen-bond acceptors (Lipinski definition) is 6. The predicted molar refractivity (Wildman–Crippen MR) is 72.4 cm³/mol. The van der Waals surface area contributed by atoms with Gasteiger partial charge < -0.3 is 19.5 Å². The fraction of sp³-hybridized carbons (Fsp3) is 0.692. The summed E-state index contributed by atoms with van der Waals surface area (Å²) in [6.45, 7) is 4.75. The van der Waals surface area contributed by atoms with Crippen molar-refractivity contribution in [3.63, 3.8) is 0 Å². The SMILES string of the molecule is CCOCC(=O)N1C[C@@H](C(=O)NC)[C@H](c2nc(C)no2)C1. The minimum Gasteiger partial charge on any atom is -0.372 e. The van der Waals surface area contributed by atoms with E-state index >= 15 is 0 Å². The van der Waals surface area contributed by atoms with Crippen LogP contribution in [0.25, 0.3) is 0 Å². The van der Waals surface area contributed by atoms with Crippen LogP contribution in [-0.4, -0.2) is 60.2 Å². The van der Waals surface area contributed by atoms with Crippen LogP contribution >= 0.6 is 0 Å². The maximum absolute atomic E-state index is 12.0. The molecule has 1 saturated heterocycles.